The number of nitrogens with one attached hydrogen (secondary N) is 1. The van der Waals surface area contributed by atoms with Crippen molar-refractivity contribution < 1.29 is 9.59 Å². The van der Waals surface area contributed by atoms with Gasteiger partial charge in [-0.2, -0.15) is 0 Å². The van der Waals surface area contributed by atoms with Crippen molar-refractivity contribution in [2.75, 3.05) is 40.3 Å². The van der Waals surface area contributed by atoms with Crippen LogP contribution in [0, 0.1) is 5.92 Å². The number of hydrogen-bond acceptors (Lipinski definition) is 4. The minimum absolute atomic E-state index is 0. The summed E-state index contributed by atoms with van der Waals surface area (Å²) in [5.74, 6) is 0.584. The molecule has 0 aromatic carbocycles. The second-order valence-electron chi connectivity index (χ2n) is 5.65. The lowest BCUT2D eigenvalue weighted by atomic mass is 9.97. The van der Waals surface area contributed by atoms with E-state index in [0.29, 0.717) is 10.8 Å². The Hall–Kier alpha value is -0.630. The largest absolute Gasteiger partial charge is 0.341 e. The molecule has 2 amide bonds. The van der Waals surface area contributed by atoms with Crippen LogP contribution in [0.3, 0.4) is 0 Å². The number of halogens is 2. The van der Waals surface area contributed by atoms with Crippen molar-refractivity contribution in [3.63, 3.8) is 0 Å². The zero-order valence-corrected chi connectivity index (χ0v) is 16.6. The molecule has 0 bridgehead atoms. The van der Waals surface area contributed by atoms with Gasteiger partial charge in [-0.1, -0.05) is 0 Å². The molecule has 0 aliphatic carbocycles. The molecule has 0 spiro atoms. The summed E-state index contributed by atoms with van der Waals surface area (Å²) in [6.45, 7) is 2.73. The quantitative estimate of drug-likeness (QED) is 0.790. The van der Waals surface area contributed by atoms with Crippen LogP contribution in [0.15, 0.2) is 15.9 Å². The predicted molar refractivity (Wildman–Crippen MR) is 99.5 cm³/mol. The summed E-state index contributed by atoms with van der Waals surface area (Å²) in [5, 5.41) is 3.19. The van der Waals surface area contributed by atoms with Gasteiger partial charge >= 0.3 is 0 Å². The molecule has 0 radical (unpaired) electrons. The number of piperidine rings is 1. The van der Waals surface area contributed by atoms with E-state index in [0.717, 1.165) is 36.3 Å². The smallest absolute Gasteiger partial charge is 0.264 e. The van der Waals surface area contributed by atoms with Gasteiger partial charge in [0, 0.05) is 20.1 Å². The highest BCUT2D eigenvalue weighted by Crippen LogP contribution is 2.23. The maximum atomic E-state index is 12.3. The summed E-state index contributed by atoms with van der Waals surface area (Å²) in [5.41, 5.74) is 0. The van der Waals surface area contributed by atoms with Crippen LogP contribution in [0.4, 0.5) is 0 Å². The number of carbonyl (C=O) groups excluding carboxylic acids is 2. The zero-order chi connectivity index (χ0) is 16.1. The van der Waals surface area contributed by atoms with Gasteiger partial charge in [-0.3, -0.25) is 9.59 Å². The Kier molecular flexibility index (Phi) is 8.53. The van der Waals surface area contributed by atoms with Gasteiger partial charge in [0.15, 0.2) is 0 Å². The van der Waals surface area contributed by atoms with E-state index < -0.39 is 0 Å². The van der Waals surface area contributed by atoms with Crippen LogP contribution in [0.5, 0.6) is 0 Å². The van der Waals surface area contributed by atoms with Gasteiger partial charge in [-0.15, -0.1) is 23.7 Å². The molecule has 1 aromatic rings. The number of nitrogens with zero attached hydrogens (tertiary/aromatic N) is 2. The highest BCUT2D eigenvalue weighted by molar-refractivity contribution is 9.11. The molecule has 1 fully saturated rings. The average molecular weight is 425 g/mol. The lowest BCUT2D eigenvalue weighted by molar-refractivity contribution is -0.133. The summed E-state index contributed by atoms with van der Waals surface area (Å²) in [4.78, 5) is 28.6. The van der Waals surface area contributed by atoms with E-state index in [1.807, 2.05) is 18.0 Å². The van der Waals surface area contributed by atoms with E-state index in [1.54, 1.807) is 13.1 Å². The van der Waals surface area contributed by atoms with Gasteiger partial charge in [-0.25, -0.2) is 0 Å². The van der Waals surface area contributed by atoms with Gasteiger partial charge in [-0.05, 0) is 60.4 Å². The highest BCUT2D eigenvalue weighted by atomic mass is 79.9. The lowest BCUT2D eigenvalue weighted by Gasteiger charge is -2.33. The summed E-state index contributed by atoms with van der Waals surface area (Å²) in [6.07, 6.45) is 2.06. The number of hydrogen-bond donors (Lipinski definition) is 1. The SMILES string of the molecule is CNCC1CCN(C(=O)CN(C)C(=O)c2ccc(Br)s2)CC1.Cl. The fourth-order valence-corrected chi connectivity index (χ4v) is 4.05. The normalized spacial score (nSPS) is 15.2. The van der Waals surface area contributed by atoms with Crippen LogP contribution >= 0.6 is 39.7 Å². The molecule has 23 heavy (non-hydrogen) atoms. The molecule has 8 heteroatoms. The van der Waals surface area contributed by atoms with Crippen LogP contribution in [0.2, 0.25) is 0 Å². The number of carbonyl (C=O) groups is 2. The first-order valence-electron chi connectivity index (χ1n) is 7.44. The first kappa shape index (κ1) is 20.4. The fraction of sp³-hybridized carbons (Fsp3) is 0.600. The Morgan fingerprint density at radius 1 is 1.39 bits per heavy atom. The minimum atomic E-state index is -0.103. The molecular weight excluding hydrogens is 402 g/mol. The van der Waals surface area contributed by atoms with Crippen molar-refractivity contribution in [2.24, 2.45) is 5.92 Å². The van der Waals surface area contributed by atoms with Crippen LogP contribution in [0.25, 0.3) is 0 Å². The summed E-state index contributed by atoms with van der Waals surface area (Å²) >= 11 is 4.73. The third kappa shape index (κ3) is 5.74. The topological polar surface area (TPSA) is 52.7 Å². The molecule has 1 aliphatic heterocycles. The molecule has 1 aromatic heterocycles. The van der Waals surface area contributed by atoms with Gasteiger partial charge in [0.1, 0.15) is 0 Å². The first-order chi connectivity index (χ1) is 10.5. The Labute approximate surface area is 155 Å². The molecular formula is C15H23BrClN3O2S. The molecule has 5 nitrogen and oxygen atoms in total. The lowest BCUT2D eigenvalue weighted by Crippen LogP contribution is -2.45. The van der Waals surface area contributed by atoms with Crippen molar-refractivity contribution in [1.29, 1.82) is 0 Å². The van der Waals surface area contributed by atoms with E-state index in [9.17, 15) is 9.59 Å². The molecule has 130 valence electrons. The van der Waals surface area contributed by atoms with Crippen LogP contribution in [0.1, 0.15) is 22.5 Å². The van der Waals surface area contributed by atoms with Crippen molar-refractivity contribution >= 4 is 51.5 Å². The molecule has 1 aliphatic rings. The van der Waals surface area contributed by atoms with Crippen molar-refractivity contribution in [3.05, 3.63) is 20.8 Å². The Bertz CT molecular complexity index is 533. The van der Waals surface area contributed by atoms with Gasteiger partial charge in [0.05, 0.1) is 15.2 Å². The molecule has 0 unspecified atom stereocenters. The van der Waals surface area contributed by atoms with Crippen LogP contribution in [-0.4, -0.2) is 61.9 Å². The van der Waals surface area contributed by atoms with Crippen molar-refractivity contribution in [3.8, 4) is 0 Å². The van der Waals surface area contributed by atoms with E-state index in [4.69, 9.17) is 0 Å². The molecule has 1 saturated heterocycles. The third-order valence-corrected chi connectivity index (χ3v) is 5.57. The van der Waals surface area contributed by atoms with Gasteiger partial charge < -0.3 is 15.1 Å². The van der Waals surface area contributed by atoms with Crippen molar-refractivity contribution in [1.82, 2.24) is 15.1 Å². The summed E-state index contributed by atoms with van der Waals surface area (Å²) in [7, 11) is 3.64. The van der Waals surface area contributed by atoms with E-state index in [2.05, 4.69) is 21.2 Å². The average Bonchev–Trinajstić information content (AvgIpc) is 2.94. The molecule has 0 saturated carbocycles. The summed E-state index contributed by atoms with van der Waals surface area (Å²) in [6, 6.07) is 3.63. The monoisotopic (exact) mass is 423 g/mol. The fourth-order valence-electron chi connectivity index (χ4n) is 2.67. The Balaban J connectivity index is 0.00000264. The molecule has 2 rings (SSSR count). The first-order valence-corrected chi connectivity index (χ1v) is 9.05. The predicted octanol–water partition coefficient (Wildman–Crippen LogP) is 2.46. The van der Waals surface area contributed by atoms with E-state index in [1.165, 1.54) is 16.2 Å². The second kappa shape index (κ2) is 9.61. The second-order valence-corrected chi connectivity index (χ2v) is 8.11. The summed E-state index contributed by atoms with van der Waals surface area (Å²) < 4.78 is 0.919. The number of thiophene rings is 1. The maximum Gasteiger partial charge on any atom is 0.264 e. The third-order valence-electron chi connectivity index (χ3n) is 3.96. The van der Waals surface area contributed by atoms with Crippen molar-refractivity contribution in [2.45, 2.75) is 12.8 Å². The molecule has 1 N–H and O–H groups in total. The van der Waals surface area contributed by atoms with Crippen LogP contribution in [-0.2, 0) is 4.79 Å². The van der Waals surface area contributed by atoms with Gasteiger partial charge in [0.2, 0.25) is 5.91 Å². The Morgan fingerprint density at radius 3 is 2.57 bits per heavy atom. The van der Waals surface area contributed by atoms with Gasteiger partial charge in [0.25, 0.3) is 5.91 Å². The number of rotatable bonds is 5. The number of likely N-dealkylation sites (N-methyl/N-ethyl adjacent to an activating group) is 1. The molecule has 2 heterocycles. The number of likely N-dealkylation sites (tertiary alicyclic amines) is 1. The standard InChI is InChI=1S/C15H22BrN3O2S.ClH/c1-17-9-11-5-7-19(8-6-11)14(20)10-18(2)15(21)12-3-4-13(16)22-12;/h3-4,11,17H,5-10H2,1-2H3;1H. The minimum Gasteiger partial charge on any atom is -0.341 e. The Morgan fingerprint density at radius 2 is 2.04 bits per heavy atom. The zero-order valence-electron chi connectivity index (χ0n) is 13.4. The molecule has 0 atom stereocenters. The maximum absolute atomic E-state index is 12.3. The van der Waals surface area contributed by atoms with E-state index >= 15 is 0 Å². The van der Waals surface area contributed by atoms with Crippen LogP contribution < -0.4 is 5.32 Å². The highest BCUT2D eigenvalue weighted by Gasteiger charge is 2.24. The van der Waals surface area contributed by atoms with E-state index in [-0.39, 0.29) is 30.8 Å². The number of amides is 2.